The largest absolute Gasteiger partial charge is 0.338 e. The molecule has 1 saturated heterocycles. The van der Waals surface area contributed by atoms with E-state index in [9.17, 15) is 4.79 Å². The van der Waals surface area contributed by atoms with Gasteiger partial charge in [0.1, 0.15) is 0 Å². The maximum atomic E-state index is 12.1. The van der Waals surface area contributed by atoms with E-state index in [1.807, 2.05) is 4.90 Å². The van der Waals surface area contributed by atoms with Crippen molar-refractivity contribution < 1.29 is 4.79 Å². The highest BCUT2D eigenvalue weighted by molar-refractivity contribution is 5.82. The normalized spacial score (nSPS) is 25.3. The van der Waals surface area contributed by atoms with Crippen LogP contribution in [0.5, 0.6) is 0 Å². The molecule has 2 N–H and O–H groups in total. The number of nitrogens with zero attached hydrogens (tertiary/aromatic N) is 1. The van der Waals surface area contributed by atoms with E-state index in [4.69, 9.17) is 5.73 Å². The van der Waals surface area contributed by atoms with Crippen LogP contribution in [0.3, 0.4) is 0 Å². The van der Waals surface area contributed by atoms with Gasteiger partial charge in [0.05, 0.1) is 6.04 Å². The molecule has 1 fully saturated rings. The number of nitrogens with two attached hydrogens (primary N) is 1. The van der Waals surface area contributed by atoms with E-state index in [0.29, 0.717) is 6.04 Å². The fraction of sp³-hybridized carbons (Fsp3) is 0.917. The van der Waals surface area contributed by atoms with Crippen LogP contribution < -0.4 is 5.73 Å². The van der Waals surface area contributed by atoms with Gasteiger partial charge >= 0.3 is 0 Å². The first-order valence-corrected chi connectivity index (χ1v) is 6.17. The van der Waals surface area contributed by atoms with Crippen LogP contribution in [0.4, 0.5) is 0 Å². The lowest BCUT2D eigenvalue weighted by atomic mass is 9.98. The van der Waals surface area contributed by atoms with Crippen molar-refractivity contribution in [2.75, 3.05) is 6.54 Å². The van der Waals surface area contributed by atoms with E-state index < -0.39 is 0 Å². The number of hydrogen-bond acceptors (Lipinski definition) is 2. The summed E-state index contributed by atoms with van der Waals surface area (Å²) in [5, 5.41) is 0. The standard InChI is InChI=1S/C12H24N2O/c1-4-9(3)11(13)12(15)14-8-6-7-10(14)5-2/h9-11H,4-8,13H2,1-3H3. The lowest BCUT2D eigenvalue weighted by Crippen LogP contribution is -2.48. The Morgan fingerprint density at radius 3 is 2.73 bits per heavy atom. The van der Waals surface area contributed by atoms with Crippen molar-refractivity contribution in [2.24, 2.45) is 11.7 Å². The molecule has 3 unspecified atom stereocenters. The topological polar surface area (TPSA) is 46.3 Å². The number of hydrogen-bond donors (Lipinski definition) is 1. The summed E-state index contributed by atoms with van der Waals surface area (Å²) in [5.41, 5.74) is 5.98. The van der Waals surface area contributed by atoms with Gasteiger partial charge in [-0.15, -0.1) is 0 Å². The molecule has 1 aliphatic heterocycles. The number of carbonyl (C=O) groups excluding carboxylic acids is 1. The molecule has 1 amide bonds. The summed E-state index contributed by atoms with van der Waals surface area (Å²) in [6, 6.07) is 0.134. The molecule has 0 aromatic heterocycles. The second kappa shape index (κ2) is 5.50. The van der Waals surface area contributed by atoms with Crippen molar-refractivity contribution in [1.29, 1.82) is 0 Å². The van der Waals surface area contributed by atoms with E-state index >= 15 is 0 Å². The molecular formula is C12H24N2O. The molecular weight excluding hydrogens is 188 g/mol. The summed E-state index contributed by atoms with van der Waals surface area (Å²) in [6.07, 6.45) is 4.31. The lowest BCUT2D eigenvalue weighted by Gasteiger charge is -2.28. The maximum Gasteiger partial charge on any atom is 0.240 e. The Balaban J connectivity index is 2.59. The molecule has 88 valence electrons. The molecule has 1 aliphatic rings. The van der Waals surface area contributed by atoms with Gasteiger partial charge in [-0.25, -0.2) is 0 Å². The number of amides is 1. The Morgan fingerprint density at radius 2 is 2.20 bits per heavy atom. The zero-order chi connectivity index (χ0) is 11.4. The summed E-state index contributed by atoms with van der Waals surface area (Å²) in [6.45, 7) is 7.19. The first-order chi connectivity index (χ1) is 7.11. The van der Waals surface area contributed by atoms with Gasteiger partial charge in [-0.3, -0.25) is 4.79 Å². The van der Waals surface area contributed by atoms with Crippen molar-refractivity contribution >= 4 is 5.91 Å². The minimum absolute atomic E-state index is 0.161. The summed E-state index contributed by atoms with van der Waals surface area (Å²) >= 11 is 0. The number of carbonyl (C=O) groups is 1. The second-order valence-corrected chi connectivity index (χ2v) is 4.65. The molecule has 1 rings (SSSR count). The first-order valence-electron chi connectivity index (χ1n) is 6.17. The predicted octanol–water partition coefficient (Wildman–Crippen LogP) is 1.76. The van der Waals surface area contributed by atoms with E-state index in [-0.39, 0.29) is 17.9 Å². The monoisotopic (exact) mass is 212 g/mol. The highest BCUT2D eigenvalue weighted by atomic mass is 16.2. The fourth-order valence-corrected chi connectivity index (χ4v) is 2.24. The number of rotatable bonds is 4. The quantitative estimate of drug-likeness (QED) is 0.772. The first kappa shape index (κ1) is 12.5. The van der Waals surface area contributed by atoms with E-state index in [2.05, 4.69) is 20.8 Å². The third-order valence-electron chi connectivity index (χ3n) is 3.67. The van der Waals surface area contributed by atoms with Gasteiger partial charge in [0.25, 0.3) is 0 Å². The van der Waals surface area contributed by atoms with Gasteiger partial charge in [-0.2, -0.15) is 0 Å². The smallest absolute Gasteiger partial charge is 0.240 e. The van der Waals surface area contributed by atoms with Gasteiger partial charge in [0.15, 0.2) is 0 Å². The van der Waals surface area contributed by atoms with Crippen LogP contribution in [0.1, 0.15) is 46.5 Å². The Kier molecular flexibility index (Phi) is 4.58. The lowest BCUT2D eigenvalue weighted by molar-refractivity contribution is -0.134. The third-order valence-corrected chi connectivity index (χ3v) is 3.67. The zero-order valence-corrected chi connectivity index (χ0v) is 10.2. The Morgan fingerprint density at radius 1 is 1.53 bits per heavy atom. The van der Waals surface area contributed by atoms with Gasteiger partial charge in [-0.05, 0) is 25.2 Å². The molecule has 0 aliphatic carbocycles. The van der Waals surface area contributed by atoms with Crippen LogP contribution in [0.2, 0.25) is 0 Å². The molecule has 3 nitrogen and oxygen atoms in total. The summed E-state index contributed by atoms with van der Waals surface area (Å²) in [7, 11) is 0. The van der Waals surface area contributed by atoms with Crippen molar-refractivity contribution in [3.8, 4) is 0 Å². The SMILES string of the molecule is CCC(C)C(N)C(=O)N1CCCC1CC. The molecule has 0 radical (unpaired) electrons. The average Bonchev–Trinajstić information content (AvgIpc) is 2.73. The minimum Gasteiger partial charge on any atom is -0.338 e. The summed E-state index contributed by atoms with van der Waals surface area (Å²) in [5.74, 6) is 0.448. The Bertz CT molecular complexity index is 218. The predicted molar refractivity (Wildman–Crippen MR) is 62.5 cm³/mol. The van der Waals surface area contributed by atoms with Crippen LogP contribution in [0, 0.1) is 5.92 Å². The highest BCUT2D eigenvalue weighted by Crippen LogP contribution is 2.22. The maximum absolute atomic E-state index is 12.1. The number of likely N-dealkylation sites (tertiary alicyclic amines) is 1. The minimum atomic E-state index is -0.304. The molecule has 3 atom stereocenters. The summed E-state index contributed by atoms with van der Waals surface area (Å²) in [4.78, 5) is 14.1. The van der Waals surface area contributed by atoms with E-state index in [1.165, 1.54) is 0 Å². The van der Waals surface area contributed by atoms with Gasteiger partial charge in [0, 0.05) is 12.6 Å². The molecule has 3 heteroatoms. The Labute approximate surface area is 93.0 Å². The van der Waals surface area contributed by atoms with Crippen molar-refractivity contribution in [2.45, 2.75) is 58.5 Å². The second-order valence-electron chi connectivity index (χ2n) is 4.65. The third kappa shape index (κ3) is 2.71. The van der Waals surface area contributed by atoms with Crippen LogP contribution >= 0.6 is 0 Å². The van der Waals surface area contributed by atoms with E-state index in [1.54, 1.807) is 0 Å². The van der Waals surface area contributed by atoms with Gasteiger partial charge in [-0.1, -0.05) is 27.2 Å². The fourth-order valence-electron chi connectivity index (χ4n) is 2.24. The van der Waals surface area contributed by atoms with E-state index in [0.717, 1.165) is 32.2 Å². The zero-order valence-electron chi connectivity index (χ0n) is 10.2. The van der Waals surface area contributed by atoms with Crippen molar-refractivity contribution in [3.63, 3.8) is 0 Å². The molecule has 0 spiro atoms. The van der Waals surface area contributed by atoms with Crippen molar-refractivity contribution in [1.82, 2.24) is 4.90 Å². The molecule has 0 aromatic rings. The van der Waals surface area contributed by atoms with Crippen molar-refractivity contribution in [3.05, 3.63) is 0 Å². The highest BCUT2D eigenvalue weighted by Gasteiger charge is 2.32. The van der Waals surface area contributed by atoms with Crippen LogP contribution in [0.25, 0.3) is 0 Å². The van der Waals surface area contributed by atoms with Gasteiger partial charge in [0.2, 0.25) is 5.91 Å². The van der Waals surface area contributed by atoms with Crippen LogP contribution in [0.15, 0.2) is 0 Å². The van der Waals surface area contributed by atoms with Crippen LogP contribution in [-0.2, 0) is 4.79 Å². The molecule has 0 saturated carbocycles. The molecule has 0 aromatic carbocycles. The average molecular weight is 212 g/mol. The van der Waals surface area contributed by atoms with Crippen LogP contribution in [-0.4, -0.2) is 29.4 Å². The Hall–Kier alpha value is -0.570. The van der Waals surface area contributed by atoms with Gasteiger partial charge < -0.3 is 10.6 Å². The molecule has 1 heterocycles. The molecule has 0 bridgehead atoms. The molecule has 15 heavy (non-hydrogen) atoms. The summed E-state index contributed by atoms with van der Waals surface area (Å²) < 4.78 is 0.